The standard InChI is InChI=1S/C11H20N2OS/c1-4-5-9(12)6-10-7-15-11(13-10)8(2)14-3/h7-9H,4-6,12H2,1-3H3. The van der Waals surface area contributed by atoms with Gasteiger partial charge in [-0.3, -0.25) is 0 Å². The molecule has 0 saturated carbocycles. The Bertz CT molecular complexity index is 288. The molecule has 2 atom stereocenters. The predicted octanol–water partition coefficient (Wildman–Crippen LogP) is 2.52. The van der Waals surface area contributed by atoms with Crippen LogP contribution in [0.2, 0.25) is 0 Å². The first kappa shape index (κ1) is 12.6. The van der Waals surface area contributed by atoms with E-state index in [4.69, 9.17) is 10.5 Å². The highest BCUT2D eigenvalue weighted by atomic mass is 32.1. The third kappa shape index (κ3) is 3.89. The average molecular weight is 228 g/mol. The van der Waals surface area contributed by atoms with Gasteiger partial charge in [0.15, 0.2) is 0 Å². The minimum absolute atomic E-state index is 0.0890. The van der Waals surface area contributed by atoms with Crippen molar-refractivity contribution in [3.8, 4) is 0 Å². The van der Waals surface area contributed by atoms with Crippen molar-refractivity contribution in [3.05, 3.63) is 16.1 Å². The van der Waals surface area contributed by atoms with Crippen LogP contribution in [0.15, 0.2) is 5.38 Å². The van der Waals surface area contributed by atoms with Crippen LogP contribution in [0.1, 0.15) is 43.5 Å². The molecule has 2 unspecified atom stereocenters. The Labute approximate surface area is 95.7 Å². The molecule has 0 fully saturated rings. The molecule has 1 heterocycles. The van der Waals surface area contributed by atoms with Crippen LogP contribution >= 0.6 is 11.3 Å². The first-order chi connectivity index (χ1) is 7.17. The quantitative estimate of drug-likeness (QED) is 0.814. The van der Waals surface area contributed by atoms with E-state index in [0.717, 1.165) is 30.0 Å². The lowest BCUT2D eigenvalue weighted by Gasteiger charge is -2.07. The molecule has 1 rings (SSSR count). The number of hydrogen-bond acceptors (Lipinski definition) is 4. The van der Waals surface area contributed by atoms with Gasteiger partial charge in [-0.2, -0.15) is 0 Å². The van der Waals surface area contributed by atoms with Gasteiger partial charge in [-0.05, 0) is 13.3 Å². The minimum Gasteiger partial charge on any atom is -0.375 e. The number of aromatic nitrogens is 1. The lowest BCUT2D eigenvalue weighted by atomic mass is 10.1. The van der Waals surface area contributed by atoms with E-state index in [1.807, 2.05) is 6.92 Å². The zero-order valence-electron chi connectivity index (χ0n) is 9.69. The van der Waals surface area contributed by atoms with Crippen molar-refractivity contribution < 1.29 is 4.74 Å². The molecule has 1 aromatic heterocycles. The summed E-state index contributed by atoms with van der Waals surface area (Å²) in [6.45, 7) is 4.16. The summed E-state index contributed by atoms with van der Waals surface area (Å²) in [4.78, 5) is 4.52. The average Bonchev–Trinajstić information content (AvgIpc) is 2.65. The molecule has 0 bridgehead atoms. The number of rotatable bonds is 6. The maximum absolute atomic E-state index is 5.97. The van der Waals surface area contributed by atoms with E-state index in [2.05, 4.69) is 17.3 Å². The van der Waals surface area contributed by atoms with Crippen molar-refractivity contribution in [1.29, 1.82) is 0 Å². The highest BCUT2D eigenvalue weighted by Crippen LogP contribution is 2.21. The molecule has 0 saturated heterocycles. The molecular weight excluding hydrogens is 208 g/mol. The van der Waals surface area contributed by atoms with E-state index in [1.165, 1.54) is 0 Å². The van der Waals surface area contributed by atoms with E-state index in [-0.39, 0.29) is 12.1 Å². The van der Waals surface area contributed by atoms with Crippen molar-refractivity contribution in [1.82, 2.24) is 4.98 Å². The second-order valence-corrected chi connectivity index (χ2v) is 4.70. The molecule has 0 amide bonds. The summed E-state index contributed by atoms with van der Waals surface area (Å²) in [6.07, 6.45) is 3.16. The van der Waals surface area contributed by atoms with Crippen LogP contribution in [0.3, 0.4) is 0 Å². The van der Waals surface area contributed by atoms with Crippen molar-refractivity contribution in [2.24, 2.45) is 5.73 Å². The van der Waals surface area contributed by atoms with Crippen molar-refractivity contribution >= 4 is 11.3 Å². The number of thiazole rings is 1. The predicted molar refractivity (Wildman–Crippen MR) is 64.1 cm³/mol. The Morgan fingerprint density at radius 1 is 1.60 bits per heavy atom. The Morgan fingerprint density at radius 3 is 2.93 bits per heavy atom. The minimum atomic E-state index is 0.0890. The molecular formula is C11H20N2OS. The second-order valence-electron chi connectivity index (χ2n) is 3.81. The maximum Gasteiger partial charge on any atom is 0.121 e. The number of nitrogens with zero attached hydrogens (tertiary/aromatic N) is 1. The third-order valence-corrected chi connectivity index (χ3v) is 3.46. The molecule has 86 valence electrons. The van der Waals surface area contributed by atoms with E-state index >= 15 is 0 Å². The largest absolute Gasteiger partial charge is 0.375 e. The van der Waals surface area contributed by atoms with Gasteiger partial charge in [0.05, 0.1) is 5.69 Å². The van der Waals surface area contributed by atoms with Gasteiger partial charge < -0.3 is 10.5 Å². The normalized spacial score (nSPS) is 15.2. The third-order valence-electron chi connectivity index (χ3n) is 2.40. The van der Waals surface area contributed by atoms with Gasteiger partial charge >= 0.3 is 0 Å². The monoisotopic (exact) mass is 228 g/mol. The lowest BCUT2D eigenvalue weighted by molar-refractivity contribution is 0.119. The van der Waals surface area contributed by atoms with Crippen LogP contribution in [0, 0.1) is 0 Å². The number of hydrogen-bond donors (Lipinski definition) is 1. The summed E-state index contributed by atoms with van der Waals surface area (Å²) in [5.74, 6) is 0. The number of ether oxygens (including phenoxy) is 1. The van der Waals surface area contributed by atoms with Gasteiger partial charge in [0.2, 0.25) is 0 Å². The zero-order chi connectivity index (χ0) is 11.3. The summed E-state index contributed by atoms with van der Waals surface area (Å²) >= 11 is 1.65. The van der Waals surface area contributed by atoms with Gasteiger partial charge in [0.1, 0.15) is 11.1 Å². The first-order valence-corrected chi connectivity index (χ1v) is 6.28. The Balaban J connectivity index is 2.52. The molecule has 4 heteroatoms. The SMILES string of the molecule is CCCC(N)Cc1csc(C(C)OC)n1. The summed E-state index contributed by atoms with van der Waals surface area (Å²) < 4.78 is 5.22. The van der Waals surface area contributed by atoms with Gasteiger partial charge in [-0.1, -0.05) is 13.3 Å². The summed E-state index contributed by atoms with van der Waals surface area (Å²) in [5.41, 5.74) is 7.06. The highest BCUT2D eigenvalue weighted by molar-refractivity contribution is 7.09. The van der Waals surface area contributed by atoms with Crippen LogP contribution in [0.25, 0.3) is 0 Å². The summed E-state index contributed by atoms with van der Waals surface area (Å²) in [5, 5.41) is 3.12. The molecule has 2 N–H and O–H groups in total. The number of nitrogens with two attached hydrogens (primary N) is 1. The Kier molecular flexibility index (Phi) is 5.22. The molecule has 0 spiro atoms. The fraction of sp³-hybridized carbons (Fsp3) is 0.727. The molecule has 0 aliphatic carbocycles. The molecule has 0 radical (unpaired) electrons. The fourth-order valence-corrected chi connectivity index (χ4v) is 2.31. The van der Waals surface area contributed by atoms with Crippen LogP contribution in [-0.2, 0) is 11.2 Å². The van der Waals surface area contributed by atoms with Crippen LogP contribution in [0.5, 0.6) is 0 Å². The van der Waals surface area contributed by atoms with E-state index < -0.39 is 0 Å². The Morgan fingerprint density at radius 2 is 2.33 bits per heavy atom. The highest BCUT2D eigenvalue weighted by Gasteiger charge is 2.11. The Hall–Kier alpha value is -0.450. The van der Waals surface area contributed by atoms with Crippen molar-refractivity contribution in [2.45, 2.75) is 45.3 Å². The van der Waals surface area contributed by atoms with Gasteiger partial charge in [0, 0.05) is 25.0 Å². The number of methoxy groups -OCH3 is 1. The molecule has 0 aliphatic rings. The van der Waals surface area contributed by atoms with Crippen molar-refractivity contribution in [2.75, 3.05) is 7.11 Å². The first-order valence-electron chi connectivity index (χ1n) is 5.40. The maximum atomic E-state index is 5.97. The fourth-order valence-electron chi connectivity index (χ4n) is 1.45. The smallest absolute Gasteiger partial charge is 0.121 e. The van der Waals surface area contributed by atoms with Crippen LogP contribution in [0.4, 0.5) is 0 Å². The van der Waals surface area contributed by atoms with Crippen LogP contribution in [-0.4, -0.2) is 18.1 Å². The molecule has 1 aromatic rings. The topological polar surface area (TPSA) is 48.1 Å². The van der Waals surface area contributed by atoms with Gasteiger partial charge in [0.25, 0.3) is 0 Å². The van der Waals surface area contributed by atoms with E-state index in [0.29, 0.717) is 0 Å². The lowest BCUT2D eigenvalue weighted by Crippen LogP contribution is -2.22. The van der Waals surface area contributed by atoms with E-state index in [1.54, 1.807) is 18.4 Å². The van der Waals surface area contributed by atoms with E-state index in [9.17, 15) is 0 Å². The van der Waals surface area contributed by atoms with Gasteiger partial charge in [-0.15, -0.1) is 11.3 Å². The molecule has 0 aliphatic heterocycles. The molecule has 15 heavy (non-hydrogen) atoms. The summed E-state index contributed by atoms with van der Waals surface area (Å²) in [7, 11) is 1.70. The van der Waals surface area contributed by atoms with Gasteiger partial charge in [-0.25, -0.2) is 4.98 Å². The zero-order valence-corrected chi connectivity index (χ0v) is 10.5. The van der Waals surface area contributed by atoms with Crippen molar-refractivity contribution in [3.63, 3.8) is 0 Å². The second kappa shape index (κ2) is 6.20. The van der Waals surface area contributed by atoms with Crippen LogP contribution < -0.4 is 5.73 Å². The molecule has 0 aromatic carbocycles. The summed E-state index contributed by atoms with van der Waals surface area (Å²) in [6, 6.07) is 0.239. The molecule has 3 nitrogen and oxygen atoms in total.